The number of nitrogens with one attached hydrogen (secondary N) is 1. The van der Waals surface area contributed by atoms with Crippen molar-refractivity contribution in [1.82, 2.24) is 14.5 Å². The van der Waals surface area contributed by atoms with E-state index in [2.05, 4.69) is 16.8 Å². The normalized spacial score (nSPS) is 22.0. The highest BCUT2D eigenvalue weighted by molar-refractivity contribution is 5.82. The second kappa shape index (κ2) is 4.67. The summed E-state index contributed by atoms with van der Waals surface area (Å²) in [5, 5.41) is 11.1. The highest BCUT2D eigenvalue weighted by Gasteiger charge is 2.30. The summed E-state index contributed by atoms with van der Waals surface area (Å²) < 4.78 is 1.73. The van der Waals surface area contributed by atoms with E-state index < -0.39 is 4.92 Å². The fourth-order valence-electron chi connectivity index (χ4n) is 3.41. The van der Waals surface area contributed by atoms with Gasteiger partial charge in [-0.3, -0.25) is 19.6 Å². The molecule has 1 aromatic carbocycles. The summed E-state index contributed by atoms with van der Waals surface area (Å²) in [4.78, 5) is 28.0. The van der Waals surface area contributed by atoms with Gasteiger partial charge in [-0.2, -0.15) is 0 Å². The molecule has 22 heavy (non-hydrogen) atoms. The van der Waals surface area contributed by atoms with Crippen molar-refractivity contribution in [2.24, 2.45) is 5.92 Å². The summed E-state index contributed by atoms with van der Waals surface area (Å²) in [5.74, 6) is 0.743. The van der Waals surface area contributed by atoms with Gasteiger partial charge in [-0.05, 0) is 31.2 Å². The van der Waals surface area contributed by atoms with Gasteiger partial charge in [-0.15, -0.1) is 0 Å². The van der Waals surface area contributed by atoms with Crippen LogP contribution in [0.2, 0.25) is 0 Å². The molecule has 7 heteroatoms. The van der Waals surface area contributed by atoms with E-state index in [0.29, 0.717) is 18.6 Å². The van der Waals surface area contributed by atoms with E-state index in [-0.39, 0.29) is 17.4 Å². The van der Waals surface area contributed by atoms with Crippen molar-refractivity contribution in [2.75, 3.05) is 6.54 Å². The predicted octanol–water partition coefficient (Wildman–Crippen LogP) is 1.85. The number of aromatic amines is 1. The molecule has 7 nitrogen and oxygen atoms in total. The van der Waals surface area contributed by atoms with Gasteiger partial charge in [0.05, 0.1) is 16.0 Å². The molecule has 0 saturated heterocycles. The Balaban J connectivity index is 1.86. The molecule has 1 aliphatic heterocycles. The maximum absolute atomic E-state index is 12.2. The van der Waals surface area contributed by atoms with Crippen LogP contribution >= 0.6 is 0 Å². The van der Waals surface area contributed by atoms with Crippen molar-refractivity contribution < 1.29 is 4.92 Å². The molecule has 1 atom stereocenters. The first kappa shape index (κ1) is 13.5. The average molecular weight is 302 g/mol. The van der Waals surface area contributed by atoms with E-state index in [1.54, 1.807) is 10.6 Å². The van der Waals surface area contributed by atoms with E-state index >= 15 is 0 Å². The van der Waals surface area contributed by atoms with Crippen LogP contribution in [0, 0.1) is 16.0 Å². The molecular formula is C15H18N4O3. The topological polar surface area (TPSA) is 84.2 Å². The van der Waals surface area contributed by atoms with E-state index in [9.17, 15) is 14.9 Å². The number of nitro benzene ring substituents is 1. The fraction of sp³-hybridized carbons (Fsp3) is 0.533. The first-order chi connectivity index (χ1) is 10.5. The molecule has 2 heterocycles. The zero-order valence-electron chi connectivity index (χ0n) is 12.4. The molecule has 2 aromatic rings. The van der Waals surface area contributed by atoms with E-state index in [0.717, 1.165) is 23.5 Å². The molecule has 0 spiro atoms. The number of H-pyrrole nitrogens is 1. The van der Waals surface area contributed by atoms with Gasteiger partial charge >= 0.3 is 5.69 Å². The number of nitro groups is 1. The first-order valence-corrected chi connectivity index (χ1v) is 7.67. The maximum atomic E-state index is 12.2. The zero-order valence-corrected chi connectivity index (χ0v) is 12.4. The Morgan fingerprint density at radius 1 is 1.41 bits per heavy atom. The van der Waals surface area contributed by atoms with E-state index in [1.807, 2.05) is 0 Å². The van der Waals surface area contributed by atoms with Crippen LogP contribution in [0.1, 0.15) is 25.3 Å². The lowest BCUT2D eigenvalue weighted by molar-refractivity contribution is -0.384. The smallest absolute Gasteiger partial charge is 0.305 e. The molecule has 0 radical (unpaired) electrons. The van der Waals surface area contributed by atoms with Crippen LogP contribution in [0.4, 0.5) is 5.69 Å². The van der Waals surface area contributed by atoms with E-state index in [1.165, 1.54) is 18.9 Å². The highest BCUT2D eigenvalue weighted by Crippen LogP contribution is 2.33. The number of benzene rings is 1. The third-order valence-electron chi connectivity index (χ3n) is 4.77. The summed E-state index contributed by atoms with van der Waals surface area (Å²) in [6.45, 7) is 4.41. The zero-order chi connectivity index (χ0) is 15.4. The quantitative estimate of drug-likeness (QED) is 0.692. The number of rotatable bonds is 3. The van der Waals surface area contributed by atoms with Gasteiger partial charge in [0.25, 0.3) is 5.69 Å². The number of hydrogen-bond acceptors (Lipinski definition) is 4. The minimum atomic E-state index is -0.398. The lowest BCUT2D eigenvalue weighted by Gasteiger charge is -2.27. The standard InChI is InChI=1S/C15H18N4O3/c1-9-6-18-14-11(8-17(9)7-10-2-3-10)4-12(19(21)22)5-13(14)16-15(18)20/h4-5,9-10H,2-3,6-8H2,1H3,(H,16,20). The van der Waals surface area contributed by atoms with Crippen LogP contribution in [0.15, 0.2) is 16.9 Å². The van der Waals surface area contributed by atoms with Gasteiger partial charge in [0.1, 0.15) is 0 Å². The predicted molar refractivity (Wildman–Crippen MR) is 81.8 cm³/mol. The van der Waals surface area contributed by atoms with Crippen molar-refractivity contribution in [3.63, 3.8) is 0 Å². The molecule has 1 aromatic heterocycles. The molecule has 1 saturated carbocycles. The number of nitrogens with zero attached hydrogens (tertiary/aromatic N) is 3. The van der Waals surface area contributed by atoms with Crippen LogP contribution in [0.3, 0.4) is 0 Å². The lowest BCUT2D eigenvalue weighted by atomic mass is 10.1. The third kappa shape index (κ3) is 2.12. The molecular weight excluding hydrogens is 284 g/mol. The van der Waals surface area contributed by atoms with Crippen molar-refractivity contribution in [2.45, 2.75) is 38.9 Å². The van der Waals surface area contributed by atoms with Gasteiger partial charge in [0.2, 0.25) is 0 Å². The summed E-state index contributed by atoms with van der Waals surface area (Å²) in [5.41, 5.74) is 2.11. The molecule has 0 bridgehead atoms. The van der Waals surface area contributed by atoms with Crippen molar-refractivity contribution in [3.8, 4) is 0 Å². The number of imidazole rings is 1. The molecule has 1 aliphatic carbocycles. The SMILES string of the molecule is CC1Cn2c(=O)[nH]c3cc([N+](=O)[O-])cc(c32)CN1CC1CC1. The molecule has 2 aliphatic rings. The van der Waals surface area contributed by atoms with Crippen molar-refractivity contribution in [3.05, 3.63) is 38.3 Å². The maximum Gasteiger partial charge on any atom is 0.326 e. The van der Waals surface area contributed by atoms with E-state index in [4.69, 9.17) is 0 Å². The highest BCUT2D eigenvalue weighted by atomic mass is 16.6. The average Bonchev–Trinajstić information content (AvgIpc) is 3.23. The molecule has 1 N–H and O–H groups in total. The lowest BCUT2D eigenvalue weighted by Crippen LogP contribution is -2.37. The van der Waals surface area contributed by atoms with Crippen LogP contribution in [-0.4, -0.2) is 32.0 Å². The van der Waals surface area contributed by atoms with Gasteiger partial charge in [0.15, 0.2) is 0 Å². The fourth-order valence-corrected chi connectivity index (χ4v) is 3.41. The molecule has 1 fully saturated rings. The third-order valence-corrected chi connectivity index (χ3v) is 4.77. The van der Waals surface area contributed by atoms with Gasteiger partial charge in [-0.1, -0.05) is 0 Å². The minimum Gasteiger partial charge on any atom is -0.305 e. The Morgan fingerprint density at radius 3 is 2.86 bits per heavy atom. The Morgan fingerprint density at radius 2 is 2.18 bits per heavy atom. The Hall–Kier alpha value is -2.15. The summed E-state index contributed by atoms with van der Waals surface area (Å²) in [6, 6.07) is 3.31. The first-order valence-electron chi connectivity index (χ1n) is 7.67. The van der Waals surface area contributed by atoms with Gasteiger partial charge in [-0.25, -0.2) is 4.79 Å². The summed E-state index contributed by atoms with van der Waals surface area (Å²) in [7, 11) is 0. The Bertz CT molecular complexity index is 818. The number of non-ortho nitro benzene ring substituents is 1. The van der Waals surface area contributed by atoms with Crippen LogP contribution < -0.4 is 5.69 Å². The molecule has 0 amide bonds. The van der Waals surface area contributed by atoms with Crippen LogP contribution in [0.25, 0.3) is 11.0 Å². The summed E-state index contributed by atoms with van der Waals surface area (Å²) >= 11 is 0. The minimum absolute atomic E-state index is 0.0387. The summed E-state index contributed by atoms with van der Waals surface area (Å²) in [6.07, 6.45) is 2.53. The Kier molecular flexibility index (Phi) is 2.87. The number of aromatic nitrogens is 2. The van der Waals surface area contributed by atoms with Crippen LogP contribution in [-0.2, 0) is 13.1 Å². The van der Waals surface area contributed by atoms with Crippen molar-refractivity contribution in [1.29, 1.82) is 0 Å². The second-order valence-corrected chi connectivity index (χ2v) is 6.52. The van der Waals surface area contributed by atoms with Gasteiger partial charge < -0.3 is 4.98 Å². The van der Waals surface area contributed by atoms with Gasteiger partial charge in [0, 0.05) is 37.8 Å². The largest absolute Gasteiger partial charge is 0.326 e. The second-order valence-electron chi connectivity index (χ2n) is 6.52. The molecule has 4 rings (SSSR count). The van der Waals surface area contributed by atoms with Crippen molar-refractivity contribution >= 4 is 16.7 Å². The number of hydrogen-bond donors (Lipinski definition) is 1. The molecule has 1 unspecified atom stereocenters. The Labute approximate surface area is 126 Å². The van der Waals surface area contributed by atoms with Crippen LogP contribution in [0.5, 0.6) is 0 Å². The monoisotopic (exact) mass is 302 g/mol. The molecule has 116 valence electrons.